The smallest absolute Gasteiger partial charge is 0.343 e. The van der Waals surface area contributed by atoms with Crippen LogP contribution in [0.1, 0.15) is 43.1 Å². The SMILES string of the molecule is CCOC(=O)c1cn(C2CC2)c2cc(N3CCN(CC)CC3)c(NC(N)=S)cc2c1=O. The molecule has 1 aromatic heterocycles. The molecule has 0 bridgehead atoms. The fourth-order valence-corrected chi connectivity index (χ4v) is 4.30. The van der Waals surface area contributed by atoms with Gasteiger partial charge in [-0.2, -0.15) is 0 Å². The van der Waals surface area contributed by atoms with Gasteiger partial charge >= 0.3 is 5.97 Å². The van der Waals surface area contributed by atoms with Crippen LogP contribution >= 0.6 is 12.2 Å². The van der Waals surface area contributed by atoms with Crippen molar-refractivity contribution in [2.45, 2.75) is 32.7 Å². The zero-order chi connectivity index (χ0) is 22.1. The second-order valence-electron chi connectivity index (χ2n) is 8.03. The molecule has 1 saturated heterocycles. The first-order valence-electron chi connectivity index (χ1n) is 10.9. The number of piperazine rings is 1. The van der Waals surface area contributed by atoms with Crippen molar-refractivity contribution >= 4 is 45.6 Å². The van der Waals surface area contributed by atoms with Gasteiger partial charge in [0.25, 0.3) is 0 Å². The number of rotatable bonds is 6. The van der Waals surface area contributed by atoms with Crippen molar-refractivity contribution in [1.29, 1.82) is 0 Å². The van der Waals surface area contributed by atoms with Crippen LogP contribution in [-0.2, 0) is 4.74 Å². The quantitative estimate of drug-likeness (QED) is 0.519. The second kappa shape index (κ2) is 8.84. The van der Waals surface area contributed by atoms with Crippen molar-refractivity contribution in [2.24, 2.45) is 5.73 Å². The highest BCUT2D eigenvalue weighted by Gasteiger charge is 2.29. The lowest BCUT2D eigenvalue weighted by Crippen LogP contribution is -2.46. The molecule has 9 heteroatoms. The van der Waals surface area contributed by atoms with Crippen molar-refractivity contribution in [3.63, 3.8) is 0 Å². The standard InChI is InChI=1S/C22H29N5O3S/c1-3-25-7-9-26(10-8-25)19-12-18-15(11-17(19)24-22(23)31)20(28)16(21(29)30-4-2)13-27(18)14-5-6-14/h11-14H,3-10H2,1-2H3,(H3,23,24,31). The predicted octanol–water partition coefficient (Wildman–Crippen LogP) is 2.31. The summed E-state index contributed by atoms with van der Waals surface area (Å²) in [7, 11) is 0. The van der Waals surface area contributed by atoms with Gasteiger partial charge < -0.3 is 30.2 Å². The summed E-state index contributed by atoms with van der Waals surface area (Å²) in [5.74, 6) is -0.590. The molecule has 31 heavy (non-hydrogen) atoms. The number of thiocarbonyl (C=S) groups is 1. The van der Waals surface area contributed by atoms with E-state index in [0.717, 1.165) is 56.8 Å². The van der Waals surface area contributed by atoms with Gasteiger partial charge in [0.1, 0.15) is 5.56 Å². The number of benzene rings is 1. The maximum absolute atomic E-state index is 13.2. The van der Waals surface area contributed by atoms with E-state index >= 15 is 0 Å². The van der Waals surface area contributed by atoms with Crippen molar-refractivity contribution in [3.8, 4) is 0 Å². The number of ether oxygens (including phenoxy) is 1. The van der Waals surface area contributed by atoms with E-state index in [1.165, 1.54) is 0 Å². The number of aromatic nitrogens is 1. The summed E-state index contributed by atoms with van der Waals surface area (Å²) in [6.07, 6.45) is 3.72. The molecule has 2 aromatic rings. The van der Waals surface area contributed by atoms with E-state index in [-0.39, 0.29) is 28.8 Å². The van der Waals surface area contributed by atoms with E-state index in [1.54, 1.807) is 19.2 Å². The molecular weight excluding hydrogens is 414 g/mol. The Morgan fingerprint density at radius 1 is 1.23 bits per heavy atom. The third-order valence-electron chi connectivity index (χ3n) is 6.00. The molecule has 2 aliphatic rings. The van der Waals surface area contributed by atoms with E-state index in [9.17, 15) is 9.59 Å². The van der Waals surface area contributed by atoms with Crippen molar-refractivity contribution in [1.82, 2.24) is 9.47 Å². The van der Waals surface area contributed by atoms with E-state index < -0.39 is 5.97 Å². The molecular formula is C22H29N5O3S. The van der Waals surface area contributed by atoms with Gasteiger partial charge in [-0.1, -0.05) is 6.92 Å². The average molecular weight is 444 g/mol. The molecule has 1 aliphatic heterocycles. The first kappa shape index (κ1) is 21.6. The molecule has 0 atom stereocenters. The van der Waals surface area contributed by atoms with Gasteiger partial charge in [0.2, 0.25) is 5.43 Å². The summed E-state index contributed by atoms with van der Waals surface area (Å²) in [5, 5.41) is 3.64. The molecule has 0 spiro atoms. The predicted molar refractivity (Wildman–Crippen MR) is 127 cm³/mol. The number of hydrogen-bond donors (Lipinski definition) is 2. The third kappa shape index (κ3) is 4.38. The molecule has 166 valence electrons. The van der Waals surface area contributed by atoms with Gasteiger partial charge in [-0.05, 0) is 50.7 Å². The molecule has 3 N–H and O–H groups in total. The minimum absolute atomic E-state index is 0.0619. The number of carbonyl (C=O) groups excluding carboxylic acids is 1. The van der Waals surface area contributed by atoms with Crippen molar-refractivity contribution in [2.75, 3.05) is 49.5 Å². The lowest BCUT2D eigenvalue weighted by Gasteiger charge is -2.36. The average Bonchev–Trinajstić information content (AvgIpc) is 3.59. The molecule has 2 heterocycles. The highest BCUT2D eigenvalue weighted by atomic mass is 32.1. The topological polar surface area (TPSA) is 92.8 Å². The van der Waals surface area contributed by atoms with E-state index in [0.29, 0.717) is 11.1 Å². The summed E-state index contributed by atoms with van der Waals surface area (Å²) in [4.78, 5) is 30.4. The van der Waals surface area contributed by atoms with Crippen molar-refractivity contribution in [3.05, 3.63) is 34.1 Å². The lowest BCUT2D eigenvalue weighted by atomic mass is 10.1. The van der Waals surface area contributed by atoms with Crippen LogP contribution in [0.25, 0.3) is 10.9 Å². The van der Waals surface area contributed by atoms with Crippen LogP contribution in [0.15, 0.2) is 23.1 Å². The summed E-state index contributed by atoms with van der Waals surface area (Å²) in [6, 6.07) is 4.10. The van der Waals surface area contributed by atoms with Gasteiger partial charge in [0, 0.05) is 43.8 Å². The normalized spacial score (nSPS) is 17.0. The number of nitrogens with two attached hydrogens (primary N) is 1. The van der Waals surface area contributed by atoms with Crippen LogP contribution in [0.5, 0.6) is 0 Å². The van der Waals surface area contributed by atoms with Crippen LogP contribution in [0.2, 0.25) is 0 Å². The first-order valence-corrected chi connectivity index (χ1v) is 11.3. The third-order valence-corrected chi connectivity index (χ3v) is 6.11. The number of anilines is 2. The van der Waals surface area contributed by atoms with Crippen LogP contribution in [-0.4, -0.2) is 59.9 Å². The Bertz CT molecular complexity index is 1070. The van der Waals surface area contributed by atoms with Gasteiger partial charge in [-0.25, -0.2) is 4.79 Å². The Hall–Kier alpha value is -2.65. The zero-order valence-electron chi connectivity index (χ0n) is 18.0. The minimum Gasteiger partial charge on any atom is -0.462 e. The van der Waals surface area contributed by atoms with Crippen LogP contribution < -0.4 is 21.4 Å². The number of hydrogen-bond acceptors (Lipinski definition) is 6. The molecule has 0 amide bonds. The van der Waals surface area contributed by atoms with E-state index in [2.05, 4.69) is 26.6 Å². The fourth-order valence-electron chi connectivity index (χ4n) is 4.19. The molecule has 1 aliphatic carbocycles. The fraction of sp³-hybridized carbons (Fsp3) is 0.500. The molecule has 2 fully saturated rings. The highest BCUT2D eigenvalue weighted by molar-refractivity contribution is 7.80. The van der Waals surface area contributed by atoms with Gasteiger partial charge in [-0.15, -0.1) is 0 Å². The van der Waals surface area contributed by atoms with Crippen LogP contribution in [0.4, 0.5) is 11.4 Å². The van der Waals surface area contributed by atoms with E-state index in [1.807, 2.05) is 6.07 Å². The lowest BCUT2D eigenvalue weighted by molar-refractivity contribution is 0.0524. The highest BCUT2D eigenvalue weighted by Crippen LogP contribution is 2.39. The number of nitrogens with zero attached hydrogens (tertiary/aromatic N) is 3. The zero-order valence-corrected chi connectivity index (χ0v) is 18.8. The second-order valence-corrected chi connectivity index (χ2v) is 8.47. The summed E-state index contributed by atoms with van der Waals surface area (Å²) in [5.41, 5.74) is 7.99. The van der Waals surface area contributed by atoms with Crippen LogP contribution in [0.3, 0.4) is 0 Å². The minimum atomic E-state index is -0.590. The van der Waals surface area contributed by atoms with Gasteiger partial charge in [0.15, 0.2) is 5.11 Å². The Morgan fingerprint density at radius 3 is 2.52 bits per heavy atom. The largest absolute Gasteiger partial charge is 0.462 e. The van der Waals surface area contributed by atoms with E-state index in [4.69, 9.17) is 22.7 Å². The molecule has 1 aromatic carbocycles. The number of nitrogens with one attached hydrogen (secondary N) is 1. The Labute approximate surface area is 186 Å². The molecule has 4 rings (SSSR count). The Morgan fingerprint density at radius 2 is 1.94 bits per heavy atom. The van der Waals surface area contributed by atoms with Gasteiger partial charge in [0.05, 0.1) is 23.5 Å². The molecule has 8 nitrogen and oxygen atoms in total. The molecule has 0 unspecified atom stereocenters. The monoisotopic (exact) mass is 443 g/mol. The number of likely N-dealkylation sites (N-methyl/N-ethyl adjacent to an activating group) is 1. The molecule has 0 radical (unpaired) electrons. The summed E-state index contributed by atoms with van der Waals surface area (Å²) in [6.45, 7) is 8.84. The number of esters is 1. The summed E-state index contributed by atoms with van der Waals surface area (Å²) < 4.78 is 7.18. The molecule has 1 saturated carbocycles. The summed E-state index contributed by atoms with van der Waals surface area (Å²) >= 11 is 5.09. The van der Waals surface area contributed by atoms with Crippen molar-refractivity contribution < 1.29 is 9.53 Å². The number of fused-ring (bicyclic) bond motifs is 1. The van der Waals surface area contributed by atoms with Gasteiger partial charge in [-0.3, -0.25) is 4.79 Å². The number of pyridine rings is 1. The first-order chi connectivity index (χ1) is 14.9. The number of carbonyl (C=O) groups is 1. The maximum atomic E-state index is 13.2. The Balaban J connectivity index is 1.87. The van der Waals surface area contributed by atoms with Crippen LogP contribution in [0, 0.1) is 0 Å². The Kier molecular flexibility index (Phi) is 6.15. The maximum Gasteiger partial charge on any atom is 0.343 e.